The van der Waals surface area contributed by atoms with Crippen LogP contribution in [0.25, 0.3) is 0 Å². The lowest BCUT2D eigenvalue weighted by Crippen LogP contribution is -2.32. The van der Waals surface area contributed by atoms with Crippen LogP contribution in [0.4, 0.5) is 0 Å². The zero-order chi connectivity index (χ0) is 10.8. The number of rotatable bonds is 5. The summed E-state index contributed by atoms with van der Waals surface area (Å²) >= 11 is 1.85. The van der Waals surface area contributed by atoms with E-state index in [1.807, 2.05) is 11.3 Å². The van der Waals surface area contributed by atoms with E-state index in [4.69, 9.17) is 0 Å². The van der Waals surface area contributed by atoms with Crippen LogP contribution in [0.15, 0.2) is 17.5 Å². The summed E-state index contributed by atoms with van der Waals surface area (Å²) in [6, 6.07) is 5.07. The molecule has 1 N–H and O–H groups in total. The maximum absolute atomic E-state index is 3.68. The van der Waals surface area contributed by atoms with Crippen molar-refractivity contribution in [1.29, 1.82) is 0 Å². The summed E-state index contributed by atoms with van der Waals surface area (Å²) in [6.45, 7) is 4.98. The van der Waals surface area contributed by atoms with Gasteiger partial charge in [-0.1, -0.05) is 6.07 Å². The van der Waals surface area contributed by atoms with E-state index in [-0.39, 0.29) is 12.4 Å². The first-order valence-corrected chi connectivity index (χ1v) is 7.26. The van der Waals surface area contributed by atoms with Crippen molar-refractivity contribution in [2.45, 2.75) is 31.8 Å². The average molecular weight is 273 g/mol. The van der Waals surface area contributed by atoms with Crippen molar-refractivity contribution >= 4 is 23.7 Å². The van der Waals surface area contributed by atoms with E-state index in [1.165, 1.54) is 43.8 Å². The molecule has 0 aromatic carbocycles. The lowest BCUT2D eigenvalue weighted by atomic mass is 10.2. The highest BCUT2D eigenvalue weighted by Crippen LogP contribution is 2.30. The normalized spacial score (nSPS) is 24.8. The molecule has 1 saturated heterocycles. The summed E-state index contributed by atoms with van der Waals surface area (Å²) in [4.78, 5) is 4.10. The SMILES string of the molecule is Cl.c1csc(CNC2CCN(CC3CC3)C2)c1. The number of nitrogens with zero attached hydrogens (tertiary/aromatic N) is 1. The molecule has 96 valence electrons. The summed E-state index contributed by atoms with van der Waals surface area (Å²) in [6.07, 6.45) is 4.28. The molecule has 1 aliphatic heterocycles. The Morgan fingerprint density at radius 2 is 2.24 bits per heavy atom. The molecule has 2 fully saturated rings. The first kappa shape index (κ1) is 13.3. The van der Waals surface area contributed by atoms with Crippen LogP contribution in [-0.2, 0) is 6.54 Å². The zero-order valence-electron chi connectivity index (χ0n) is 10.1. The molecule has 1 aromatic rings. The predicted molar refractivity (Wildman–Crippen MR) is 76.0 cm³/mol. The molecular formula is C13H21ClN2S. The van der Waals surface area contributed by atoms with Crippen LogP contribution in [0.3, 0.4) is 0 Å². The zero-order valence-corrected chi connectivity index (χ0v) is 11.7. The van der Waals surface area contributed by atoms with Gasteiger partial charge >= 0.3 is 0 Å². The highest BCUT2D eigenvalue weighted by molar-refractivity contribution is 7.09. The molecular weight excluding hydrogens is 252 g/mol. The van der Waals surface area contributed by atoms with Crippen LogP contribution in [0.5, 0.6) is 0 Å². The van der Waals surface area contributed by atoms with Crippen molar-refractivity contribution in [3.05, 3.63) is 22.4 Å². The van der Waals surface area contributed by atoms with Crippen molar-refractivity contribution in [1.82, 2.24) is 10.2 Å². The largest absolute Gasteiger partial charge is 0.308 e. The minimum atomic E-state index is 0. The fourth-order valence-electron chi connectivity index (χ4n) is 2.49. The lowest BCUT2D eigenvalue weighted by molar-refractivity contribution is 0.314. The van der Waals surface area contributed by atoms with Gasteiger partial charge in [0.15, 0.2) is 0 Å². The van der Waals surface area contributed by atoms with E-state index in [0.717, 1.165) is 18.5 Å². The van der Waals surface area contributed by atoms with E-state index < -0.39 is 0 Å². The Kier molecular flexibility index (Phi) is 4.86. The third-order valence-corrected chi connectivity index (χ3v) is 4.51. The second-order valence-corrected chi connectivity index (χ2v) is 6.18. The van der Waals surface area contributed by atoms with Crippen molar-refractivity contribution in [2.24, 2.45) is 5.92 Å². The summed E-state index contributed by atoms with van der Waals surface area (Å²) in [5, 5.41) is 5.83. The van der Waals surface area contributed by atoms with Gasteiger partial charge in [-0.25, -0.2) is 0 Å². The number of nitrogens with one attached hydrogen (secondary N) is 1. The molecule has 1 aliphatic carbocycles. The van der Waals surface area contributed by atoms with E-state index in [2.05, 4.69) is 27.7 Å². The molecule has 0 bridgehead atoms. The molecule has 2 heterocycles. The fourth-order valence-corrected chi connectivity index (χ4v) is 3.14. The van der Waals surface area contributed by atoms with Gasteiger partial charge in [0.1, 0.15) is 0 Å². The van der Waals surface area contributed by atoms with E-state index in [9.17, 15) is 0 Å². The molecule has 17 heavy (non-hydrogen) atoms. The van der Waals surface area contributed by atoms with Gasteiger partial charge in [-0.3, -0.25) is 0 Å². The Labute approximate surface area is 114 Å². The minimum Gasteiger partial charge on any atom is -0.308 e. The summed E-state index contributed by atoms with van der Waals surface area (Å²) in [5.74, 6) is 1.04. The Morgan fingerprint density at radius 3 is 2.94 bits per heavy atom. The predicted octanol–water partition coefficient (Wildman–Crippen LogP) is 2.74. The fraction of sp³-hybridized carbons (Fsp3) is 0.692. The molecule has 0 radical (unpaired) electrons. The number of hydrogen-bond acceptors (Lipinski definition) is 3. The highest BCUT2D eigenvalue weighted by Gasteiger charge is 2.28. The molecule has 2 nitrogen and oxygen atoms in total. The van der Waals surface area contributed by atoms with Crippen LogP contribution in [0, 0.1) is 5.92 Å². The first-order chi connectivity index (χ1) is 7.90. The van der Waals surface area contributed by atoms with Crippen molar-refractivity contribution in [3.8, 4) is 0 Å². The average Bonchev–Trinajstić information content (AvgIpc) is 2.81. The van der Waals surface area contributed by atoms with Crippen LogP contribution >= 0.6 is 23.7 Å². The van der Waals surface area contributed by atoms with Crippen molar-refractivity contribution in [3.63, 3.8) is 0 Å². The second kappa shape index (κ2) is 6.19. The molecule has 1 unspecified atom stereocenters. The molecule has 1 saturated carbocycles. The maximum atomic E-state index is 3.68. The third-order valence-electron chi connectivity index (χ3n) is 3.63. The molecule has 1 aromatic heterocycles. The topological polar surface area (TPSA) is 15.3 Å². The summed E-state index contributed by atoms with van der Waals surface area (Å²) < 4.78 is 0. The number of halogens is 1. The van der Waals surface area contributed by atoms with Gasteiger partial charge in [-0.15, -0.1) is 23.7 Å². The number of thiophene rings is 1. The van der Waals surface area contributed by atoms with Crippen LogP contribution < -0.4 is 5.32 Å². The van der Waals surface area contributed by atoms with Gasteiger partial charge < -0.3 is 10.2 Å². The Hall–Kier alpha value is -0.0900. The molecule has 0 spiro atoms. The van der Waals surface area contributed by atoms with Crippen LogP contribution in [0.2, 0.25) is 0 Å². The molecule has 0 amide bonds. The van der Waals surface area contributed by atoms with Gasteiger partial charge in [0.25, 0.3) is 0 Å². The van der Waals surface area contributed by atoms with Gasteiger partial charge in [0, 0.05) is 30.6 Å². The number of likely N-dealkylation sites (tertiary alicyclic amines) is 1. The molecule has 3 rings (SSSR count). The first-order valence-electron chi connectivity index (χ1n) is 6.38. The van der Waals surface area contributed by atoms with Gasteiger partial charge in [0.2, 0.25) is 0 Å². The van der Waals surface area contributed by atoms with Gasteiger partial charge in [0.05, 0.1) is 0 Å². The Bertz CT molecular complexity index is 324. The second-order valence-electron chi connectivity index (χ2n) is 5.15. The van der Waals surface area contributed by atoms with E-state index in [0.29, 0.717) is 0 Å². The van der Waals surface area contributed by atoms with Gasteiger partial charge in [-0.2, -0.15) is 0 Å². The summed E-state index contributed by atoms with van der Waals surface area (Å²) in [5.41, 5.74) is 0. The van der Waals surface area contributed by atoms with Crippen LogP contribution in [-0.4, -0.2) is 30.6 Å². The molecule has 2 aliphatic rings. The van der Waals surface area contributed by atoms with E-state index >= 15 is 0 Å². The van der Waals surface area contributed by atoms with E-state index in [1.54, 1.807) is 0 Å². The van der Waals surface area contributed by atoms with Crippen molar-refractivity contribution in [2.75, 3.05) is 19.6 Å². The minimum absolute atomic E-state index is 0. The monoisotopic (exact) mass is 272 g/mol. The summed E-state index contributed by atoms with van der Waals surface area (Å²) in [7, 11) is 0. The maximum Gasteiger partial charge on any atom is 0.0302 e. The highest BCUT2D eigenvalue weighted by atomic mass is 35.5. The number of hydrogen-bond donors (Lipinski definition) is 1. The van der Waals surface area contributed by atoms with Crippen LogP contribution in [0.1, 0.15) is 24.1 Å². The van der Waals surface area contributed by atoms with Crippen molar-refractivity contribution < 1.29 is 0 Å². The standard InChI is InChI=1S/C13H20N2S.ClH/c1-2-13(16-7-1)8-14-12-5-6-15(10-12)9-11-3-4-11;/h1-2,7,11-12,14H,3-6,8-10H2;1H. The van der Waals surface area contributed by atoms with Gasteiger partial charge in [-0.05, 0) is 43.2 Å². The lowest BCUT2D eigenvalue weighted by Gasteiger charge is -2.15. The Balaban J connectivity index is 0.00000108. The smallest absolute Gasteiger partial charge is 0.0302 e. The Morgan fingerprint density at radius 1 is 1.35 bits per heavy atom. The third kappa shape index (κ3) is 3.95. The quantitative estimate of drug-likeness (QED) is 0.887. The molecule has 4 heteroatoms. The molecule has 1 atom stereocenters.